The number of hydroxylamine groups is 1. The molecule has 8 heteroatoms. The maximum absolute atomic E-state index is 11.9. The van der Waals surface area contributed by atoms with Crippen LogP contribution in [0.5, 0.6) is 0 Å². The second kappa shape index (κ2) is 5.49. The molecule has 104 valence electrons. The molecule has 0 saturated heterocycles. The van der Waals surface area contributed by atoms with E-state index in [0.717, 1.165) is 6.07 Å². The number of carbonyl (C=O) groups excluding carboxylic acids is 1. The van der Waals surface area contributed by atoms with Crippen molar-refractivity contribution < 1.29 is 14.6 Å². The molecular formula is C12H11N3O5. The molecule has 0 bridgehead atoms. The zero-order valence-electron chi connectivity index (χ0n) is 10.5. The zero-order valence-corrected chi connectivity index (χ0v) is 10.5. The van der Waals surface area contributed by atoms with Gasteiger partial charge in [-0.25, -0.2) is 5.48 Å². The molecule has 2 aromatic rings. The minimum Gasteiger partial charge on any atom is -0.322 e. The van der Waals surface area contributed by atoms with Crippen LogP contribution in [0.3, 0.4) is 0 Å². The van der Waals surface area contributed by atoms with E-state index in [1.165, 1.54) is 18.2 Å². The quantitative estimate of drug-likeness (QED) is 0.642. The zero-order chi connectivity index (χ0) is 14.7. The third-order valence-corrected chi connectivity index (χ3v) is 2.59. The predicted molar refractivity (Wildman–Crippen MR) is 70.3 cm³/mol. The SMILES string of the molecule is CCONC(=O)c1cc(=O)[nH]c2ccc([N+](=O)[O-])cc12. The van der Waals surface area contributed by atoms with Crippen LogP contribution in [0.1, 0.15) is 17.3 Å². The van der Waals surface area contributed by atoms with Crippen molar-refractivity contribution in [3.05, 3.63) is 50.3 Å². The van der Waals surface area contributed by atoms with Crippen molar-refractivity contribution in [1.29, 1.82) is 0 Å². The van der Waals surface area contributed by atoms with Crippen LogP contribution in [0.25, 0.3) is 10.9 Å². The Morgan fingerprint density at radius 1 is 1.45 bits per heavy atom. The van der Waals surface area contributed by atoms with Gasteiger partial charge in [0, 0.05) is 29.1 Å². The van der Waals surface area contributed by atoms with E-state index in [-0.39, 0.29) is 23.2 Å². The molecule has 1 aromatic carbocycles. The van der Waals surface area contributed by atoms with Crippen LogP contribution in [0.2, 0.25) is 0 Å². The first kappa shape index (κ1) is 13.7. The molecule has 0 radical (unpaired) electrons. The van der Waals surface area contributed by atoms with Crippen LogP contribution >= 0.6 is 0 Å². The summed E-state index contributed by atoms with van der Waals surface area (Å²) in [6.45, 7) is 1.94. The lowest BCUT2D eigenvalue weighted by molar-refractivity contribution is -0.384. The number of rotatable bonds is 4. The molecular weight excluding hydrogens is 266 g/mol. The molecule has 0 unspecified atom stereocenters. The van der Waals surface area contributed by atoms with Gasteiger partial charge in [0.1, 0.15) is 0 Å². The Hall–Kier alpha value is -2.74. The highest BCUT2D eigenvalue weighted by atomic mass is 16.6. The molecule has 1 amide bonds. The number of aromatic amines is 1. The van der Waals surface area contributed by atoms with E-state index < -0.39 is 16.4 Å². The van der Waals surface area contributed by atoms with Crippen LogP contribution < -0.4 is 11.0 Å². The molecule has 0 aliphatic rings. The van der Waals surface area contributed by atoms with Gasteiger partial charge in [-0.2, -0.15) is 0 Å². The second-order valence-corrected chi connectivity index (χ2v) is 3.90. The number of carbonyl (C=O) groups is 1. The Bertz CT molecular complexity index is 737. The van der Waals surface area contributed by atoms with Gasteiger partial charge in [0.25, 0.3) is 11.6 Å². The number of pyridine rings is 1. The Balaban J connectivity index is 2.61. The van der Waals surface area contributed by atoms with Crippen molar-refractivity contribution in [2.75, 3.05) is 6.61 Å². The van der Waals surface area contributed by atoms with Gasteiger partial charge >= 0.3 is 0 Å². The highest BCUT2D eigenvalue weighted by molar-refractivity contribution is 6.06. The molecule has 1 aromatic heterocycles. The van der Waals surface area contributed by atoms with Gasteiger partial charge < -0.3 is 4.98 Å². The van der Waals surface area contributed by atoms with E-state index in [4.69, 9.17) is 4.84 Å². The number of hydrogen-bond donors (Lipinski definition) is 2. The minimum atomic E-state index is -0.636. The van der Waals surface area contributed by atoms with Gasteiger partial charge in [0.2, 0.25) is 5.56 Å². The number of nitro groups is 1. The van der Waals surface area contributed by atoms with Crippen molar-refractivity contribution in [2.45, 2.75) is 6.92 Å². The number of benzene rings is 1. The summed E-state index contributed by atoms with van der Waals surface area (Å²) in [7, 11) is 0. The Kier molecular flexibility index (Phi) is 3.76. The number of nitrogens with one attached hydrogen (secondary N) is 2. The third kappa shape index (κ3) is 2.64. The molecule has 2 rings (SSSR count). The normalized spacial score (nSPS) is 10.4. The second-order valence-electron chi connectivity index (χ2n) is 3.90. The summed E-state index contributed by atoms with van der Waals surface area (Å²) < 4.78 is 0. The summed E-state index contributed by atoms with van der Waals surface area (Å²) in [5.41, 5.74) is 1.86. The molecule has 0 spiro atoms. The fourth-order valence-corrected chi connectivity index (χ4v) is 1.74. The topological polar surface area (TPSA) is 114 Å². The highest BCUT2D eigenvalue weighted by Gasteiger charge is 2.15. The first-order valence-electron chi connectivity index (χ1n) is 5.76. The summed E-state index contributed by atoms with van der Waals surface area (Å²) >= 11 is 0. The average molecular weight is 277 g/mol. The molecule has 20 heavy (non-hydrogen) atoms. The van der Waals surface area contributed by atoms with E-state index in [1.807, 2.05) is 0 Å². The number of nitrogens with zero attached hydrogens (tertiary/aromatic N) is 1. The number of aromatic nitrogens is 1. The first-order chi connectivity index (χ1) is 9.52. The Labute approximate surface area is 112 Å². The fraction of sp³-hybridized carbons (Fsp3) is 0.167. The monoisotopic (exact) mass is 277 g/mol. The Morgan fingerprint density at radius 3 is 2.85 bits per heavy atom. The van der Waals surface area contributed by atoms with Crippen LogP contribution in [0.15, 0.2) is 29.1 Å². The van der Waals surface area contributed by atoms with Crippen LogP contribution in [-0.4, -0.2) is 22.4 Å². The van der Waals surface area contributed by atoms with E-state index in [9.17, 15) is 19.7 Å². The summed E-state index contributed by atoms with van der Waals surface area (Å²) in [4.78, 5) is 40.9. The van der Waals surface area contributed by atoms with E-state index in [1.54, 1.807) is 6.92 Å². The smallest absolute Gasteiger partial charge is 0.275 e. The number of fused-ring (bicyclic) bond motifs is 1. The van der Waals surface area contributed by atoms with Crippen molar-refractivity contribution in [3.8, 4) is 0 Å². The van der Waals surface area contributed by atoms with Crippen LogP contribution in [0.4, 0.5) is 5.69 Å². The first-order valence-corrected chi connectivity index (χ1v) is 5.76. The van der Waals surface area contributed by atoms with Crippen molar-refractivity contribution in [1.82, 2.24) is 10.5 Å². The maximum atomic E-state index is 11.9. The van der Waals surface area contributed by atoms with Crippen molar-refractivity contribution in [3.63, 3.8) is 0 Å². The van der Waals surface area contributed by atoms with Gasteiger partial charge in [-0.1, -0.05) is 0 Å². The van der Waals surface area contributed by atoms with E-state index in [2.05, 4.69) is 10.5 Å². The standard InChI is InChI=1S/C12H11N3O5/c1-2-20-14-12(17)9-6-11(16)13-10-4-3-7(15(18)19)5-8(9)10/h3-6H,2H2,1H3,(H,13,16)(H,14,17). The van der Waals surface area contributed by atoms with E-state index >= 15 is 0 Å². The lowest BCUT2D eigenvalue weighted by atomic mass is 10.1. The summed E-state index contributed by atoms with van der Waals surface area (Å²) in [6, 6.07) is 4.93. The van der Waals surface area contributed by atoms with Gasteiger partial charge in [0.15, 0.2) is 0 Å². The average Bonchev–Trinajstić information content (AvgIpc) is 2.43. The van der Waals surface area contributed by atoms with Gasteiger partial charge in [0.05, 0.1) is 17.1 Å². The van der Waals surface area contributed by atoms with E-state index in [0.29, 0.717) is 5.52 Å². The summed E-state index contributed by atoms with van der Waals surface area (Å²) in [5, 5.41) is 11.0. The number of nitro benzene ring substituents is 1. The largest absolute Gasteiger partial charge is 0.322 e. The molecule has 0 saturated carbocycles. The predicted octanol–water partition coefficient (Wildman–Crippen LogP) is 1.12. The molecule has 0 atom stereocenters. The highest BCUT2D eigenvalue weighted by Crippen LogP contribution is 2.21. The molecule has 0 aliphatic heterocycles. The third-order valence-electron chi connectivity index (χ3n) is 2.59. The lowest BCUT2D eigenvalue weighted by Gasteiger charge is -2.06. The molecule has 0 aliphatic carbocycles. The molecule has 1 heterocycles. The molecule has 2 N–H and O–H groups in total. The van der Waals surface area contributed by atoms with Crippen molar-refractivity contribution >= 4 is 22.5 Å². The van der Waals surface area contributed by atoms with Crippen LogP contribution in [0, 0.1) is 10.1 Å². The fourth-order valence-electron chi connectivity index (χ4n) is 1.74. The molecule has 8 nitrogen and oxygen atoms in total. The van der Waals surface area contributed by atoms with Gasteiger partial charge in [-0.05, 0) is 13.0 Å². The minimum absolute atomic E-state index is 0.0147. The summed E-state index contributed by atoms with van der Waals surface area (Å²) in [6.07, 6.45) is 0. The molecule has 0 fully saturated rings. The number of hydrogen-bond acceptors (Lipinski definition) is 5. The summed E-state index contributed by atoms with van der Waals surface area (Å²) in [5.74, 6) is -0.636. The number of non-ortho nitro benzene ring substituents is 1. The number of H-pyrrole nitrogens is 1. The number of amides is 1. The lowest BCUT2D eigenvalue weighted by Crippen LogP contribution is -2.25. The maximum Gasteiger partial charge on any atom is 0.275 e. The Morgan fingerprint density at radius 2 is 2.20 bits per heavy atom. The van der Waals surface area contributed by atoms with Crippen molar-refractivity contribution in [2.24, 2.45) is 0 Å². The van der Waals surface area contributed by atoms with Gasteiger partial charge in [-0.3, -0.25) is 24.5 Å². The van der Waals surface area contributed by atoms with Gasteiger partial charge in [-0.15, -0.1) is 0 Å². The van der Waals surface area contributed by atoms with Crippen LogP contribution in [-0.2, 0) is 4.84 Å².